The summed E-state index contributed by atoms with van der Waals surface area (Å²) >= 11 is 0. The van der Waals surface area contributed by atoms with Crippen molar-refractivity contribution in [3.8, 4) is 16.9 Å². The van der Waals surface area contributed by atoms with Gasteiger partial charge in [-0.25, -0.2) is 4.39 Å². The van der Waals surface area contributed by atoms with Gasteiger partial charge in [-0.3, -0.25) is 0 Å². The van der Waals surface area contributed by atoms with Crippen molar-refractivity contribution in [2.75, 3.05) is 6.61 Å². The van der Waals surface area contributed by atoms with Gasteiger partial charge >= 0.3 is 0 Å². The molecule has 0 atom stereocenters. The van der Waals surface area contributed by atoms with Crippen LogP contribution in [0.3, 0.4) is 0 Å². The summed E-state index contributed by atoms with van der Waals surface area (Å²) in [5, 5.41) is 0. The first kappa shape index (κ1) is 17.2. The first-order valence-electron chi connectivity index (χ1n) is 8.81. The van der Waals surface area contributed by atoms with Gasteiger partial charge in [0.1, 0.15) is 11.6 Å². The Morgan fingerprint density at radius 2 is 1.16 bits per heavy atom. The van der Waals surface area contributed by atoms with Crippen molar-refractivity contribution in [1.29, 1.82) is 0 Å². The number of hydrogen-bond donors (Lipinski definition) is 0. The third-order valence-corrected chi connectivity index (χ3v) is 4.23. The molecule has 2 heteroatoms. The van der Waals surface area contributed by atoms with Gasteiger partial charge in [-0.1, -0.05) is 55.5 Å². The molecule has 1 nitrogen and oxygen atoms in total. The van der Waals surface area contributed by atoms with E-state index in [1.54, 1.807) is 0 Å². The summed E-state index contributed by atoms with van der Waals surface area (Å²) in [5.41, 5.74) is 4.84. The van der Waals surface area contributed by atoms with E-state index >= 15 is 0 Å². The molecule has 25 heavy (non-hydrogen) atoms. The van der Waals surface area contributed by atoms with Crippen molar-refractivity contribution in [2.24, 2.45) is 0 Å². The molecule has 0 radical (unpaired) electrons. The van der Waals surface area contributed by atoms with Crippen molar-refractivity contribution >= 4 is 0 Å². The van der Waals surface area contributed by atoms with Gasteiger partial charge in [-0.15, -0.1) is 0 Å². The maximum atomic E-state index is 12.9. The fourth-order valence-corrected chi connectivity index (χ4v) is 2.77. The molecule has 0 aliphatic carbocycles. The lowest BCUT2D eigenvalue weighted by molar-refractivity contribution is 0.317. The van der Waals surface area contributed by atoms with Crippen LogP contribution in [0.4, 0.5) is 4.39 Å². The molecule has 3 aromatic carbocycles. The SMILES string of the molecule is CCCOc1ccc(-c2ccc(CCc3ccc(F)cc3)cc2)cc1. The van der Waals surface area contributed by atoms with Gasteiger partial charge in [0.2, 0.25) is 0 Å². The molecule has 0 heterocycles. The maximum absolute atomic E-state index is 12.9. The van der Waals surface area contributed by atoms with Gasteiger partial charge in [0.15, 0.2) is 0 Å². The Labute approximate surface area is 149 Å². The first-order chi connectivity index (χ1) is 12.2. The Kier molecular flexibility index (Phi) is 5.84. The second-order valence-electron chi connectivity index (χ2n) is 6.20. The van der Waals surface area contributed by atoms with Crippen LogP contribution in [0.2, 0.25) is 0 Å². The van der Waals surface area contributed by atoms with Crippen LogP contribution in [-0.4, -0.2) is 6.61 Å². The van der Waals surface area contributed by atoms with Gasteiger partial charge < -0.3 is 4.74 Å². The van der Waals surface area contributed by atoms with Crippen LogP contribution in [-0.2, 0) is 12.8 Å². The molecule has 0 aromatic heterocycles. The molecule has 0 aliphatic rings. The van der Waals surface area contributed by atoms with Crippen LogP contribution in [0, 0.1) is 5.82 Å². The Balaban J connectivity index is 1.60. The van der Waals surface area contributed by atoms with E-state index in [9.17, 15) is 4.39 Å². The van der Waals surface area contributed by atoms with E-state index in [2.05, 4.69) is 43.3 Å². The van der Waals surface area contributed by atoms with E-state index in [1.165, 1.54) is 28.8 Å². The largest absolute Gasteiger partial charge is 0.494 e. The summed E-state index contributed by atoms with van der Waals surface area (Å²) in [6, 6.07) is 23.6. The van der Waals surface area contributed by atoms with Crippen LogP contribution >= 0.6 is 0 Å². The molecule has 0 saturated heterocycles. The van der Waals surface area contributed by atoms with Crippen molar-refractivity contribution in [1.82, 2.24) is 0 Å². The second-order valence-corrected chi connectivity index (χ2v) is 6.20. The molecule has 0 fully saturated rings. The van der Waals surface area contributed by atoms with E-state index < -0.39 is 0 Å². The van der Waals surface area contributed by atoms with E-state index in [0.717, 1.165) is 37.2 Å². The summed E-state index contributed by atoms with van der Waals surface area (Å²) in [5.74, 6) is 0.737. The molecule has 0 aliphatic heterocycles. The zero-order valence-corrected chi connectivity index (χ0v) is 14.5. The van der Waals surface area contributed by atoms with Gasteiger partial charge in [0.25, 0.3) is 0 Å². The van der Waals surface area contributed by atoms with Crippen LogP contribution < -0.4 is 4.74 Å². The first-order valence-corrected chi connectivity index (χ1v) is 8.81. The molecular formula is C23H23FO. The van der Waals surface area contributed by atoms with Crippen molar-refractivity contribution in [2.45, 2.75) is 26.2 Å². The highest BCUT2D eigenvalue weighted by atomic mass is 19.1. The highest BCUT2D eigenvalue weighted by molar-refractivity contribution is 5.64. The summed E-state index contributed by atoms with van der Waals surface area (Å²) in [4.78, 5) is 0. The lowest BCUT2D eigenvalue weighted by Gasteiger charge is -2.07. The topological polar surface area (TPSA) is 9.23 Å². The number of rotatable bonds is 7. The molecule has 0 bridgehead atoms. The van der Waals surface area contributed by atoms with Gasteiger partial charge in [-0.05, 0) is 65.8 Å². The van der Waals surface area contributed by atoms with Crippen LogP contribution in [0.25, 0.3) is 11.1 Å². The monoisotopic (exact) mass is 334 g/mol. The number of hydrogen-bond acceptors (Lipinski definition) is 1. The normalized spacial score (nSPS) is 10.6. The smallest absolute Gasteiger partial charge is 0.123 e. The lowest BCUT2D eigenvalue weighted by atomic mass is 10.0. The Morgan fingerprint density at radius 3 is 1.68 bits per heavy atom. The van der Waals surface area contributed by atoms with E-state index in [4.69, 9.17) is 4.74 Å². The third-order valence-electron chi connectivity index (χ3n) is 4.23. The predicted molar refractivity (Wildman–Crippen MR) is 101 cm³/mol. The number of benzene rings is 3. The standard InChI is InChI=1S/C23H23FO/c1-2-17-25-23-15-11-21(12-16-23)20-9-5-18(6-10-20)3-4-19-7-13-22(24)14-8-19/h5-16H,2-4,17H2,1H3. The minimum absolute atomic E-state index is 0.181. The fraction of sp³-hybridized carbons (Fsp3) is 0.217. The second kappa shape index (κ2) is 8.48. The zero-order chi connectivity index (χ0) is 17.5. The van der Waals surface area contributed by atoms with E-state index in [-0.39, 0.29) is 5.82 Å². The fourth-order valence-electron chi connectivity index (χ4n) is 2.77. The lowest BCUT2D eigenvalue weighted by Crippen LogP contribution is -1.94. The van der Waals surface area contributed by atoms with E-state index in [1.807, 2.05) is 24.3 Å². The molecule has 0 spiro atoms. The van der Waals surface area contributed by atoms with Crippen LogP contribution in [0.15, 0.2) is 72.8 Å². The Bertz CT molecular complexity index is 774. The molecule has 0 amide bonds. The Morgan fingerprint density at radius 1 is 0.680 bits per heavy atom. The van der Waals surface area contributed by atoms with Gasteiger partial charge in [0, 0.05) is 0 Å². The summed E-state index contributed by atoms with van der Waals surface area (Å²) in [7, 11) is 0. The predicted octanol–water partition coefficient (Wildman–Crippen LogP) is 6.07. The van der Waals surface area contributed by atoms with Crippen LogP contribution in [0.1, 0.15) is 24.5 Å². The summed E-state index contributed by atoms with van der Waals surface area (Å²) < 4.78 is 18.6. The number of ether oxygens (including phenoxy) is 1. The highest BCUT2D eigenvalue weighted by Gasteiger charge is 2.01. The third kappa shape index (κ3) is 4.93. The van der Waals surface area contributed by atoms with E-state index in [0.29, 0.717) is 0 Å². The summed E-state index contributed by atoms with van der Waals surface area (Å²) in [6.07, 6.45) is 2.89. The molecule has 0 unspecified atom stereocenters. The maximum Gasteiger partial charge on any atom is 0.123 e. The molecule has 0 saturated carbocycles. The molecule has 128 valence electrons. The number of aryl methyl sites for hydroxylation is 2. The Hall–Kier alpha value is -2.61. The quantitative estimate of drug-likeness (QED) is 0.510. The average molecular weight is 334 g/mol. The minimum atomic E-state index is -0.181. The van der Waals surface area contributed by atoms with Crippen LogP contribution in [0.5, 0.6) is 5.75 Å². The van der Waals surface area contributed by atoms with Crippen molar-refractivity contribution in [3.05, 3.63) is 89.7 Å². The number of halogens is 1. The highest BCUT2D eigenvalue weighted by Crippen LogP contribution is 2.23. The molecule has 0 N–H and O–H groups in total. The summed E-state index contributed by atoms with van der Waals surface area (Å²) in [6.45, 7) is 2.86. The molecule has 3 aromatic rings. The molecular weight excluding hydrogens is 311 g/mol. The van der Waals surface area contributed by atoms with Gasteiger partial charge in [0.05, 0.1) is 6.61 Å². The minimum Gasteiger partial charge on any atom is -0.494 e. The van der Waals surface area contributed by atoms with Gasteiger partial charge in [-0.2, -0.15) is 0 Å². The van der Waals surface area contributed by atoms with Crippen molar-refractivity contribution in [3.63, 3.8) is 0 Å². The average Bonchev–Trinajstić information content (AvgIpc) is 2.67. The zero-order valence-electron chi connectivity index (χ0n) is 14.5. The van der Waals surface area contributed by atoms with Crippen molar-refractivity contribution < 1.29 is 9.13 Å². The molecule has 3 rings (SSSR count).